The lowest BCUT2D eigenvalue weighted by Crippen LogP contribution is -2.55. The van der Waals surface area contributed by atoms with Gasteiger partial charge in [0.15, 0.2) is 5.11 Å². The number of ether oxygens (including phenoxy) is 1. The number of carbonyl (C=O) groups is 2. The van der Waals surface area contributed by atoms with Gasteiger partial charge in [0.2, 0.25) is 0 Å². The van der Waals surface area contributed by atoms with E-state index < -0.39 is 0 Å². The molecule has 0 radical (unpaired) electrons. The van der Waals surface area contributed by atoms with Gasteiger partial charge >= 0.3 is 12.0 Å². The first-order valence-corrected chi connectivity index (χ1v) is 10.3. The molecular weight excluding hydrogens is 376 g/mol. The monoisotopic (exact) mass is 404 g/mol. The molecule has 7 nitrogen and oxygen atoms in total. The number of benzene rings is 1. The molecule has 8 heteroatoms. The fourth-order valence-corrected chi connectivity index (χ4v) is 4.57. The van der Waals surface area contributed by atoms with Crippen LogP contribution in [0.2, 0.25) is 0 Å². The fourth-order valence-electron chi connectivity index (χ4n) is 4.13. The Morgan fingerprint density at radius 3 is 2.36 bits per heavy atom. The minimum absolute atomic E-state index is 0.136. The summed E-state index contributed by atoms with van der Waals surface area (Å²) in [6, 6.07) is 7.38. The molecule has 152 valence electrons. The third-order valence-corrected chi connectivity index (χ3v) is 5.64. The number of rotatable bonds is 5. The molecule has 2 heterocycles. The molecule has 2 fully saturated rings. The highest BCUT2D eigenvalue weighted by Crippen LogP contribution is 2.35. The standard InChI is InChI=1S/C20H28N4O3S/c1-3-21-20(28)24-16-9-10-17(24)12-15(11-16)23-19(26)22-14-7-5-13(6-8-14)18(25)27-4-2/h5-8,15-17H,3-4,9-12H2,1-2H3,(H,21,28)(H2,22,23,26)/t16-,17-/m1/s1. The quantitative estimate of drug-likeness (QED) is 0.517. The van der Waals surface area contributed by atoms with Crippen LogP contribution in [0.4, 0.5) is 10.5 Å². The number of hydrogen-bond acceptors (Lipinski definition) is 4. The van der Waals surface area contributed by atoms with Crippen LogP contribution < -0.4 is 16.0 Å². The molecule has 28 heavy (non-hydrogen) atoms. The highest BCUT2D eigenvalue weighted by Gasteiger charge is 2.42. The van der Waals surface area contributed by atoms with Gasteiger partial charge in [-0.3, -0.25) is 0 Å². The second-order valence-corrected chi connectivity index (χ2v) is 7.58. The van der Waals surface area contributed by atoms with Crippen LogP contribution in [-0.2, 0) is 4.74 Å². The second kappa shape index (κ2) is 9.23. The van der Waals surface area contributed by atoms with Crippen molar-refractivity contribution in [1.82, 2.24) is 15.5 Å². The summed E-state index contributed by atoms with van der Waals surface area (Å²) in [4.78, 5) is 26.4. The topological polar surface area (TPSA) is 82.7 Å². The number of nitrogens with one attached hydrogen (secondary N) is 3. The van der Waals surface area contributed by atoms with E-state index in [0.29, 0.717) is 29.9 Å². The normalized spacial score (nSPS) is 23.1. The predicted octanol–water partition coefficient (Wildman–Crippen LogP) is 2.87. The van der Waals surface area contributed by atoms with Crippen molar-refractivity contribution in [3.63, 3.8) is 0 Å². The first-order valence-electron chi connectivity index (χ1n) is 9.92. The Morgan fingerprint density at radius 2 is 1.79 bits per heavy atom. The van der Waals surface area contributed by atoms with Gasteiger partial charge in [-0.1, -0.05) is 0 Å². The van der Waals surface area contributed by atoms with Crippen LogP contribution in [-0.4, -0.2) is 53.3 Å². The summed E-state index contributed by atoms with van der Waals surface area (Å²) < 4.78 is 4.96. The number of hydrogen-bond donors (Lipinski definition) is 3. The number of nitrogens with zero attached hydrogens (tertiary/aromatic N) is 1. The summed E-state index contributed by atoms with van der Waals surface area (Å²) in [7, 11) is 0. The van der Waals surface area contributed by atoms with Crippen LogP contribution in [0, 0.1) is 0 Å². The van der Waals surface area contributed by atoms with E-state index in [1.54, 1.807) is 31.2 Å². The summed E-state index contributed by atoms with van der Waals surface area (Å²) in [6.45, 7) is 4.98. The highest BCUT2D eigenvalue weighted by molar-refractivity contribution is 7.80. The Morgan fingerprint density at radius 1 is 1.14 bits per heavy atom. The summed E-state index contributed by atoms with van der Waals surface area (Å²) in [5, 5.41) is 10.0. The highest BCUT2D eigenvalue weighted by atomic mass is 32.1. The summed E-state index contributed by atoms with van der Waals surface area (Å²) in [6.07, 6.45) is 4.03. The summed E-state index contributed by atoms with van der Waals surface area (Å²) in [5.74, 6) is -0.365. The van der Waals surface area contributed by atoms with Gasteiger partial charge in [-0.15, -0.1) is 0 Å². The zero-order chi connectivity index (χ0) is 20.1. The first-order chi connectivity index (χ1) is 13.5. The molecule has 2 aliphatic rings. The minimum Gasteiger partial charge on any atom is -0.462 e. The first kappa shape index (κ1) is 20.4. The summed E-state index contributed by atoms with van der Waals surface area (Å²) in [5.41, 5.74) is 1.10. The number of carbonyl (C=O) groups excluding carboxylic acids is 2. The maximum atomic E-state index is 12.4. The van der Waals surface area contributed by atoms with Crippen molar-refractivity contribution >= 4 is 35.0 Å². The van der Waals surface area contributed by atoms with E-state index in [0.717, 1.165) is 37.3 Å². The van der Waals surface area contributed by atoms with Crippen molar-refractivity contribution < 1.29 is 14.3 Å². The van der Waals surface area contributed by atoms with E-state index in [1.807, 2.05) is 6.92 Å². The molecule has 3 N–H and O–H groups in total. The van der Waals surface area contributed by atoms with Crippen molar-refractivity contribution in [2.24, 2.45) is 0 Å². The van der Waals surface area contributed by atoms with Crippen LogP contribution in [0.1, 0.15) is 49.9 Å². The van der Waals surface area contributed by atoms with E-state index in [2.05, 4.69) is 20.9 Å². The van der Waals surface area contributed by atoms with E-state index in [1.165, 1.54) is 0 Å². The number of piperidine rings is 1. The third-order valence-electron chi connectivity index (χ3n) is 5.28. The zero-order valence-corrected chi connectivity index (χ0v) is 17.2. The largest absolute Gasteiger partial charge is 0.462 e. The number of fused-ring (bicyclic) bond motifs is 2. The number of amides is 2. The smallest absolute Gasteiger partial charge is 0.338 e. The van der Waals surface area contributed by atoms with E-state index in [-0.39, 0.29) is 18.0 Å². The molecule has 0 aliphatic carbocycles. The van der Waals surface area contributed by atoms with Crippen LogP contribution in [0.15, 0.2) is 24.3 Å². The Bertz CT molecular complexity index is 711. The van der Waals surface area contributed by atoms with Crippen molar-refractivity contribution in [2.45, 2.75) is 57.7 Å². The molecule has 2 amide bonds. The van der Waals surface area contributed by atoms with Crippen molar-refractivity contribution in [3.05, 3.63) is 29.8 Å². The van der Waals surface area contributed by atoms with Crippen molar-refractivity contribution in [1.29, 1.82) is 0 Å². The molecule has 3 rings (SSSR count). The number of anilines is 1. The third kappa shape index (κ3) is 4.73. The van der Waals surface area contributed by atoms with Crippen molar-refractivity contribution in [2.75, 3.05) is 18.5 Å². The van der Waals surface area contributed by atoms with Gasteiger partial charge < -0.3 is 25.6 Å². The molecule has 2 saturated heterocycles. The van der Waals surface area contributed by atoms with E-state index in [9.17, 15) is 9.59 Å². The number of thiocarbonyl (C=S) groups is 1. The SMILES string of the molecule is CCNC(=S)N1[C@@H]2CC[C@@H]1CC(NC(=O)Nc1ccc(C(=O)OCC)cc1)C2. The van der Waals surface area contributed by atoms with Gasteiger partial charge in [-0.2, -0.15) is 0 Å². The number of urea groups is 1. The van der Waals surface area contributed by atoms with Gasteiger partial charge in [-0.05, 0) is 76.0 Å². The van der Waals surface area contributed by atoms with Gasteiger partial charge in [0, 0.05) is 30.4 Å². The number of esters is 1. The molecule has 1 aromatic carbocycles. The molecule has 2 bridgehead atoms. The molecule has 0 spiro atoms. The molecule has 2 atom stereocenters. The summed E-state index contributed by atoms with van der Waals surface area (Å²) >= 11 is 5.51. The maximum absolute atomic E-state index is 12.4. The second-order valence-electron chi connectivity index (χ2n) is 7.19. The molecule has 0 aromatic heterocycles. The lowest BCUT2D eigenvalue weighted by Gasteiger charge is -2.40. The van der Waals surface area contributed by atoms with Crippen LogP contribution in [0.25, 0.3) is 0 Å². The van der Waals surface area contributed by atoms with Crippen LogP contribution in [0.3, 0.4) is 0 Å². The lowest BCUT2D eigenvalue weighted by molar-refractivity contribution is 0.0526. The van der Waals surface area contributed by atoms with E-state index >= 15 is 0 Å². The zero-order valence-electron chi connectivity index (χ0n) is 16.4. The maximum Gasteiger partial charge on any atom is 0.338 e. The fraction of sp³-hybridized carbons (Fsp3) is 0.550. The minimum atomic E-state index is -0.365. The Hall–Kier alpha value is -2.35. The average molecular weight is 405 g/mol. The molecule has 0 unspecified atom stereocenters. The molecule has 0 saturated carbocycles. The Labute approximate surface area is 171 Å². The molecule has 2 aliphatic heterocycles. The molecular formula is C20H28N4O3S. The van der Waals surface area contributed by atoms with Gasteiger partial charge in [0.25, 0.3) is 0 Å². The lowest BCUT2D eigenvalue weighted by atomic mass is 9.98. The van der Waals surface area contributed by atoms with Crippen molar-refractivity contribution in [3.8, 4) is 0 Å². The Balaban J connectivity index is 1.51. The van der Waals surface area contributed by atoms with Gasteiger partial charge in [0.1, 0.15) is 0 Å². The predicted molar refractivity (Wildman–Crippen MR) is 112 cm³/mol. The average Bonchev–Trinajstić information content (AvgIpc) is 2.93. The van der Waals surface area contributed by atoms with Gasteiger partial charge in [0.05, 0.1) is 12.2 Å². The molecule has 1 aromatic rings. The van der Waals surface area contributed by atoms with Crippen LogP contribution >= 0.6 is 12.2 Å². The van der Waals surface area contributed by atoms with Crippen LogP contribution in [0.5, 0.6) is 0 Å². The Kier molecular flexibility index (Phi) is 6.72. The van der Waals surface area contributed by atoms with E-state index in [4.69, 9.17) is 17.0 Å². The van der Waals surface area contributed by atoms with Gasteiger partial charge in [-0.25, -0.2) is 9.59 Å².